The molecule has 1 aliphatic heterocycles. The third kappa shape index (κ3) is 3.55. The molecule has 1 aromatic heterocycles. The molecule has 5 nitrogen and oxygen atoms in total. The lowest BCUT2D eigenvalue weighted by molar-refractivity contribution is 0.113. The minimum atomic E-state index is 0.503. The van der Waals surface area contributed by atoms with E-state index in [0.29, 0.717) is 6.04 Å². The first kappa shape index (κ1) is 14.9. The van der Waals surface area contributed by atoms with Gasteiger partial charge in [0.1, 0.15) is 11.6 Å². The Morgan fingerprint density at radius 1 is 1.32 bits per heavy atom. The van der Waals surface area contributed by atoms with E-state index in [4.69, 9.17) is 0 Å². The van der Waals surface area contributed by atoms with Gasteiger partial charge in [0.05, 0.1) is 9.26 Å². The number of hydrogen-bond donors (Lipinski definition) is 1. The van der Waals surface area contributed by atoms with E-state index in [1.165, 1.54) is 0 Å². The molecule has 0 amide bonds. The zero-order chi connectivity index (χ0) is 14.0. The minimum Gasteiger partial charge on any atom is -0.372 e. The first-order valence-corrected chi connectivity index (χ1v) is 7.68. The maximum atomic E-state index is 4.63. The van der Waals surface area contributed by atoms with Crippen molar-refractivity contribution in [3.63, 3.8) is 0 Å². The molecule has 2 heterocycles. The fourth-order valence-corrected chi connectivity index (χ4v) is 2.92. The maximum Gasteiger partial charge on any atom is 0.143 e. The number of hydrogen-bond acceptors (Lipinski definition) is 5. The predicted octanol–water partition coefficient (Wildman–Crippen LogP) is 1.22. The largest absolute Gasteiger partial charge is 0.372 e. The number of anilines is 1. The quantitative estimate of drug-likeness (QED) is 0.805. The number of piperazine rings is 1. The summed E-state index contributed by atoms with van der Waals surface area (Å²) in [6.07, 6.45) is 0.910. The number of halogens is 1. The predicted molar refractivity (Wildman–Crippen MR) is 86.7 cm³/mol. The van der Waals surface area contributed by atoms with Gasteiger partial charge in [-0.2, -0.15) is 0 Å². The van der Waals surface area contributed by atoms with Crippen molar-refractivity contribution >= 4 is 28.4 Å². The molecule has 1 atom stereocenters. The molecule has 1 aromatic rings. The summed E-state index contributed by atoms with van der Waals surface area (Å²) in [6.45, 7) is 5.38. The van der Waals surface area contributed by atoms with Gasteiger partial charge in [0.15, 0.2) is 0 Å². The second kappa shape index (κ2) is 6.32. The molecule has 0 bridgehead atoms. The van der Waals surface area contributed by atoms with Crippen LogP contribution in [0.2, 0.25) is 0 Å². The molecule has 0 aromatic carbocycles. The number of aryl methyl sites for hydroxylation is 1. The molecule has 1 N–H and O–H groups in total. The van der Waals surface area contributed by atoms with E-state index in [9.17, 15) is 0 Å². The number of likely N-dealkylation sites (N-methyl/N-ethyl adjacent to an activating group) is 2. The van der Waals surface area contributed by atoms with Gasteiger partial charge >= 0.3 is 0 Å². The van der Waals surface area contributed by atoms with Gasteiger partial charge in [-0.1, -0.05) is 0 Å². The van der Waals surface area contributed by atoms with Gasteiger partial charge in [-0.3, -0.25) is 0 Å². The van der Waals surface area contributed by atoms with E-state index in [2.05, 4.69) is 61.8 Å². The molecular weight excluding hydrogens is 353 g/mol. The fourth-order valence-electron chi connectivity index (χ4n) is 2.41. The van der Waals surface area contributed by atoms with E-state index in [-0.39, 0.29) is 0 Å². The lowest BCUT2D eigenvalue weighted by atomic mass is 10.1. The Kier molecular flexibility index (Phi) is 4.97. The van der Waals surface area contributed by atoms with Crippen LogP contribution in [0.5, 0.6) is 0 Å². The molecule has 1 unspecified atom stereocenters. The van der Waals surface area contributed by atoms with Gasteiger partial charge in [-0.05, 0) is 43.6 Å². The Morgan fingerprint density at radius 3 is 2.74 bits per heavy atom. The summed E-state index contributed by atoms with van der Waals surface area (Å²) in [7, 11) is 6.28. The maximum absolute atomic E-state index is 4.63. The Morgan fingerprint density at radius 2 is 2.05 bits per heavy atom. The van der Waals surface area contributed by atoms with Gasteiger partial charge < -0.3 is 15.1 Å². The first-order valence-electron chi connectivity index (χ1n) is 6.60. The normalized spacial score (nSPS) is 21.6. The molecular formula is C13H22IN5. The Hall–Kier alpha value is -0.470. The van der Waals surface area contributed by atoms with Gasteiger partial charge in [-0.25, -0.2) is 9.97 Å². The van der Waals surface area contributed by atoms with Crippen molar-refractivity contribution in [1.29, 1.82) is 0 Å². The minimum absolute atomic E-state index is 0.503. The van der Waals surface area contributed by atoms with Crippen molar-refractivity contribution in [3.05, 3.63) is 15.1 Å². The average molecular weight is 375 g/mol. The number of rotatable bonds is 3. The molecule has 1 saturated heterocycles. The molecule has 1 aliphatic rings. The SMILES string of the molecule is CNc1nc(CC2CN(C)CCN2C)nc(C)c1I. The fraction of sp³-hybridized carbons (Fsp3) is 0.692. The molecule has 2 rings (SSSR count). The lowest BCUT2D eigenvalue weighted by Crippen LogP contribution is -2.51. The summed E-state index contributed by atoms with van der Waals surface area (Å²) >= 11 is 2.29. The van der Waals surface area contributed by atoms with Crippen molar-refractivity contribution in [3.8, 4) is 0 Å². The van der Waals surface area contributed by atoms with Gasteiger partial charge in [0.25, 0.3) is 0 Å². The molecule has 106 valence electrons. The molecule has 1 fully saturated rings. The summed E-state index contributed by atoms with van der Waals surface area (Å²) in [6, 6.07) is 0.503. The third-order valence-corrected chi connectivity index (χ3v) is 4.99. The van der Waals surface area contributed by atoms with Crippen molar-refractivity contribution in [1.82, 2.24) is 19.8 Å². The van der Waals surface area contributed by atoms with Crippen LogP contribution in [0.3, 0.4) is 0 Å². The molecule has 6 heteroatoms. The van der Waals surface area contributed by atoms with Crippen LogP contribution in [-0.2, 0) is 6.42 Å². The number of nitrogens with one attached hydrogen (secondary N) is 1. The highest BCUT2D eigenvalue weighted by Crippen LogP contribution is 2.19. The molecule has 0 spiro atoms. The van der Waals surface area contributed by atoms with Crippen molar-refractivity contribution in [2.24, 2.45) is 0 Å². The van der Waals surface area contributed by atoms with Gasteiger partial charge in [0.2, 0.25) is 0 Å². The molecule has 0 radical (unpaired) electrons. The zero-order valence-corrected chi connectivity index (χ0v) is 14.2. The molecule has 19 heavy (non-hydrogen) atoms. The van der Waals surface area contributed by atoms with E-state index in [1.807, 2.05) is 14.0 Å². The first-order chi connectivity index (χ1) is 9.01. The van der Waals surface area contributed by atoms with Crippen LogP contribution in [0, 0.1) is 10.5 Å². The lowest BCUT2D eigenvalue weighted by Gasteiger charge is -2.37. The van der Waals surface area contributed by atoms with E-state index in [1.54, 1.807) is 0 Å². The van der Waals surface area contributed by atoms with Crippen LogP contribution in [0.4, 0.5) is 5.82 Å². The third-order valence-electron chi connectivity index (χ3n) is 3.70. The van der Waals surface area contributed by atoms with E-state index >= 15 is 0 Å². The van der Waals surface area contributed by atoms with Gasteiger partial charge in [-0.15, -0.1) is 0 Å². The summed E-state index contributed by atoms with van der Waals surface area (Å²) < 4.78 is 1.11. The highest BCUT2D eigenvalue weighted by atomic mass is 127. The Balaban J connectivity index is 2.16. The summed E-state index contributed by atoms with van der Waals surface area (Å²) in [4.78, 5) is 14.1. The second-order valence-corrected chi connectivity index (χ2v) is 6.32. The highest BCUT2D eigenvalue weighted by Gasteiger charge is 2.23. The Labute approximate surface area is 128 Å². The second-order valence-electron chi connectivity index (χ2n) is 5.24. The van der Waals surface area contributed by atoms with Gasteiger partial charge in [0, 0.05) is 39.1 Å². The van der Waals surface area contributed by atoms with Crippen LogP contribution >= 0.6 is 22.6 Å². The van der Waals surface area contributed by atoms with Crippen LogP contribution in [0.25, 0.3) is 0 Å². The molecule has 0 aliphatic carbocycles. The van der Waals surface area contributed by atoms with Crippen LogP contribution in [-0.4, -0.2) is 66.6 Å². The zero-order valence-electron chi connectivity index (χ0n) is 12.1. The van der Waals surface area contributed by atoms with Crippen LogP contribution in [0.15, 0.2) is 0 Å². The number of aromatic nitrogens is 2. The van der Waals surface area contributed by atoms with Crippen molar-refractivity contribution < 1.29 is 0 Å². The van der Waals surface area contributed by atoms with Crippen molar-refractivity contribution in [2.45, 2.75) is 19.4 Å². The van der Waals surface area contributed by atoms with Crippen LogP contribution in [0.1, 0.15) is 11.5 Å². The molecule has 0 saturated carbocycles. The van der Waals surface area contributed by atoms with E-state index < -0.39 is 0 Å². The summed E-state index contributed by atoms with van der Waals surface area (Å²) in [5.41, 5.74) is 1.06. The van der Waals surface area contributed by atoms with Crippen LogP contribution < -0.4 is 5.32 Å². The van der Waals surface area contributed by atoms with Crippen molar-refractivity contribution in [2.75, 3.05) is 46.1 Å². The summed E-state index contributed by atoms with van der Waals surface area (Å²) in [5.74, 6) is 1.88. The highest BCUT2D eigenvalue weighted by molar-refractivity contribution is 14.1. The topological polar surface area (TPSA) is 44.3 Å². The van der Waals surface area contributed by atoms with E-state index in [0.717, 1.165) is 47.0 Å². The summed E-state index contributed by atoms with van der Waals surface area (Å²) in [5, 5.41) is 3.15. The number of nitrogens with zero attached hydrogens (tertiary/aromatic N) is 4. The monoisotopic (exact) mass is 375 g/mol. The Bertz CT molecular complexity index is 451. The standard InChI is InChI=1S/C13H22IN5/c1-9-12(14)13(15-2)17-11(16-9)7-10-8-18(3)5-6-19(10)4/h10H,5-8H2,1-4H3,(H,15,16,17). The average Bonchev–Trinajstić information content (AvgIpc) is 2.38. The smallest absolute Gasteiger partial charge is 0.143 e.